The van der Waals surface area contributed by atoms with E-state index in [9.17, 15) is 9.59 Å². The number of anilines is 1. The Hall–Kier alpha value is -2.70. The summed E-state index contributed by atoms with van der Waals surface area (Å²) in [6, 6.07) is 4.95. The smallest absolute Gasteiger partial charge is 0.255 e. The normalized spacial score (nSPS) is 10.2. The highest BCUT2D eigenvalue weighted by Crippen LogP contribution is 2.08. The van der Waals surface area contributed by atoms with Gasteiger partial charge in [-0.05, 0) is 26.0 Å². The maximum absolute atomic E-state index is 12.2. The number of amides is 2. The van der Waals surface area contributed by atoms with Crippen molar-refractivity contribution in [3.8, 4) is 0 Å². The fraction of sp³-hybridized carbons (Fsp3) is 0.286. The number of pyridine rings is 1. The van der Waals surface area contributed by atoms with Crippen LogP contribution >= 0.6 is 0 Å². The van der Waals surface area contributed by atoms with Gasteiger partial charge in [0.15, 0.2) is 5.82 Å². The average Bonchev–Trinajstić information content (AvgIpc) is 2.90. The van der Waals surface area contributed by atoms with Crippen LogP contribution in [-0.2, 0) is 4.79 Å². The summed E-state index contributed by atoms with van der Waals surface area (Å²) in [4.78, 5) is 29.5. The summed E-state index contributed by atoms with van der Waals surface area (Å²) in [5.74, 6) is 0.367. The van der Waals surface area contributed by atoms with Gasteiger partial charge in [0.1, 0.15) is 12.3 Å². The third-order valence-electron chi connectivity index (χ3n) is 2.81. The summed E-state index contributed by atoms with van der Waals surface area (Å²) >= 11 is 0. The Labute approximate surface area is 121 Å². The minimum absolute atomic E-state index is 0.0594. The molecule has 0 bridgehead atoms. The standard InChI is InChI=1S/C14H16N4O3/c1-3-18(14(20)11-5-4-6-15-8-11)9-13(19)16-12-7-10(2)21-17-12/h4-8H,3,9H2,1-2H3,(H,16,17,19). The number of hydrogen-bond acceptors (Lipinski definition) is 5. The third-order valence-corrected chi connectivity index (χ3v) is 2.81. The van der Waals surface area contributed by atoms with Crippen molar-refractivity contribution >= 4 is 17.6 Å². The van der Waals surface area contributed by atoms with Gasteiger partial charge in [-0.3, -0.25) is 14.6 Å². The fourth-order valence-corrected chi connectivity index (χ4v) is 1.78. The molecule has 110 valence electrons. The molecule has 2 rings (SSSR count). The van der Waals surface area contributed by atoms with E-state index < -0.39 is 0 Å². The molecule has 0 spiro atoms. The Kier molecular flexibility index (Phi) is 4.65. The number of aromatic nitrogens is 2. The molecular weight excluding hydrogens is 272 g/mol. The lowest BCUT2D eigenvalue weighted by atomic mass is 10.2. The second-order valence-electron chi connectivity index (χ2n) is 4.43. The first kappa shape index (κ1) is 14.7. The Morgan fingerprint density at radius 1 is 1.43 bits per heavy atom. The summed E-state index contributed by atoms with van der Waals surface area (Å²) in [6.45, 7) is 3.89. The average molecular weight is 288 g/mol. The maximum Gasteiger partial charge on any atom is 0.255 e. The number of carbonyl (C=O) groups excluding carboxylic acids is 2. The van der Waals surface area contributed by atoms with Crippen molar-refractivity contribution in [1.29, 1.82) is 0 Å². The molecule has 0 atom stereocenters. The zero-order valence-electron chi connectivity index (χ0n) is 11.9. The largest absolute Gasteiger partial charge is 0.360 e. The van der Waals surface area contributed by atoms with Gasteiger partial charge in [-0.2, -0.15) is 0 Å². The molecule has 2 aromatic heterocycles. The van der Waals surface area contributed by atoms with Crippen LogP contribution in [0.4, 0.5) is 5.82 Å². The number of aryl methyl sites for hydroxylation is 1. The summed E-state index contributed by atoms with van der Waals surface area (Å²) < 4.78 is 4.86. The molecule has 2 amide bonds. The zero-order valence-corrected chi connectivity index (χ0v) is 11.9. The quantitative estimate of drug-likeness (QED) is 0.900. The lowest BCUT2D eigenvalue weighted by Crippen LogP contribution is -2.37. The van der Waals surface area contributed by atoms with Crippen LogP contribution < -0.4 is 5.32 Å². The van der Waals surface area contributed by atoms with Gasteiger partial charge in [0, 0.05) is 25.0 Å². The molecule has 0 aromatic carbocycles. The van der Waals surface area contributed by atoms with Gasteiger partial charge in [0.05, 0.1) is 5.56 Å². The number of rotatable bonds is 5. The molecule has 2 heterocycles. The first-order valence-corrected chi connectivity index (χ1v) is 6.52. The molecule has 0 aliphatic heterocycles. The summed E-state index contributed by atoms with van der Waals surface area (Å²) in [7, 11) is 0. The predicted octanol–water partition coefficient (Wildman–Crippen LogP) is 1.48. The third kappa shape index (κ3) is 3.88. The predicted molar refractivity (Wildman–Crippen MR) is 75.7 cm³/mol. The summed E-state index contributed by atoms with van der Waals surface area (Å²) in [6.07, 6.45) is 3.07. The van der Waals surface area contributed by atoms with Gasteiger partial charge in [0.2, 0.25) is 5.91 Å². The van der Waals surface area contributed by atoms with Crippen molar-refractivity contribution in [1.82, 2.24) is 15.0 Å². The molecule has 0 aliphatic rings. The van der Waals surface area contributed by atoms with E-state index in [1.807, 2.05) is 6.92 Å². The van der Waals surface area contributed by atoms with Crippen molar-refractivity contribution < 1.29 is 14.1 Å². The summed E-state index contributed by atoms with van der Waals surface area (Å²) in [5, 5.41) is 6.25. The monoisotopic (exact) mass is 288 g/mol. The Bertz CT molecular complexity index is 624. The fourth-order valence-electron chi connectivity index (χ4n) is 1.78. The zero-order chi connectivity index (χ0) is 15.2. The number of nitrogens with one attached hydrogen (secondary N) is 1. The summed E-state index contributed by atoms with van der Waals surface area (Å²) in [5.41, 5.74) is 0.449. The van der Waals surface area contributed by atoms with E-state index in [2.05, 4.69) is 15.5 Å². The Morgan fingerprint density at radius 2 is 2.24 bits per heavy atom. The van der Waals surface area contributed by atoms with Gasteiger partial charge >= 0.3 is 0 Å². The molecule has 0 saturated carbocycles. The Balaban J connectivity index is 1.98. The van der Waals surface area contributed by atoms with Crippen LogP contribution in [0.15, 0.2) is 35.1 Å². The van der Waals surface area contributed by atoms with E-state index in [1.54, 1.807) is 31.3 Å². The highest BCUT2D eigenvalue weighted by molar-refractivity contribution is 5.98. The molecule has 0 radical (unpaired) electrons. The van der Waals surface area contributed by atoms with E-state index in [-0.39, 0.29) is 18.4 Å². The molecule has 0 saturated heterocycles. The van der Waals surface area contributed by atoms with E-state index in [0.717, 1.165) is 0 Å². The van der Waals surface area contributed by atoms with E-state index >= 15 is 0 Å². The lowest BCUT2D eigenvalue weighted by molar-refractivity contribution is -0.116. The van der Waals surface area contributed by atoms with Gasteiger partial charge in [0.25, 0.3) is 5.91 Å². The van der Waals surface area contributed by atoms with E-state index in [4.69, 9.17) is 4.52 Å². The van der Waals surface area contributed by atoms with Crippen molar-refractivity contribution in [2.24, 2.45) is 0 Å². The molecule has 21 heavy (non-hydrogen) atoms. The molecule has 0 fully saturated rings. The number of carbonyl (C=O) groups is 2. The van der Waals surface area contributed by atoms with Gasteiger partial charge in [-0.1, -0.05) is 5.16 Å². The van der Waals surface area contributed by atoms with E-state index in [1.165, 1.54) is 11.1 Å². The highest BCUT2D eigenvalue weighted by atomic mass is 16.5. The van der Waals surface area contributed by atoms with Crippen LogP contribution in [0.2, 0.25) is 0 Å². The molecular formula is C14H16N4O3. The van der Waals surface area contributed by atoms with E-state index in [0.29, 0.717) is 23.7 Å². The molecule has 2 aromatic rings. The van der Waals surface area contributed by atoms with Crippen molar-refractivity contribution in [3.63, 3.8) is 0 Å². The maximum atomic E-state index is 12.2. The van der Waals surface area contributed by atoms with Crippen LogP contribution in [0, 0.1) is 6.92 Å². The van der Waals surface area contributed by atoms with Crippen molar-refractivity contribution in [2.75, 3.05) is 18.4 Å². The Morgan fingerprint density at radius 3 is 2.81 bits per heavy atom. The minimum atomic E-state index is -0.331. The second-order valence-corrected chi connectivity index (χ2v) is 4.43. The van der Waals surface area contributed by atoms with Crippen LogP contribution in [0.3, 0.4) is 0 Å². The topological polar surface area (TPSA) is 88.3 Å². The first-order valence-electron chi connectivity index (χ1n) is 6.52. The molecule has 7 nitrogen and oxygen atoms in total. The first-order chi connectivity index (χ1) is 10.1. The molecule has 0 aliphatic carbocycles. The lowest BCUT2D eigenvalue weighted by Gasteiger charge is -2.19. The van der Waals surface area contributed by atoms with Gasteiger partial charge < -0.3 is 14.7 Å². The molecule has 1 N–H and O–H groups in total. The van der Waals surface area contributed by atoms with Crippen LogP contribution in [-0.4, -0.2) is 39.9 Å². The SMILES string of the molecule is CCN(CC(=O)Nc1cc(C)on1)C(=O)c1cccnc1. The number of likely N-dealkylation sites (N-methyl/N-ethyl adjacent to an activating group) is 1. The van der Waals surface area contributed by atoms with Gasteiger partial charge in [-0.15, -0.1) is 0 Å². The minimum Gasteiger partial charge on any atom is -0.360 e. The van der Waals surface area contributed by atoms with Crippen LogP contribution in [0.1, 0.15) is 23.0 Å². The number of nitrogens with zero attached hydrogens (tertiary/aromatic N) is 3. The van der Waals surface area contributed by atoms with Gasteiger partial charge in [-0.25, -0.2) is 0 Å². The van der Waals surface area contributed by atoms with Crippen LogP contribution in [0.25, 0.3) is 0 Å². The van der Waals surface area contributed by atoms with Crippen LogP contribution in [0.5, 0.6) is 0 Å². The number of hydrogen-bond donors (Lipinski definition) is 1. The second kappa shape index (κ2) is 6.65. The van der Waals surface area contributed by atoms with Crippen molar-refractivity contribution in [3.05, 3.63) is 41.9 Å². The molecule has 0 unspecified atom stereocenters. The molecule has 7 heteroatoms. The van der Waals surface area contributed by atoms with Crippen molar-refractivity contribution in [2.45, 2.75) is 13.8 Å². The highest BCUT2D eigenvalue weighted by Gasteiger charge is 2.18.